The summed E-state index contributed by atoms with van der Waals surface area (Å²) in [6.07, 6.45) is 0. The van der Waals surface area contributed by atoms with E-state index in [9.17, 15) is 14.5 Å². The average molecular weight is 246 g/mol. The van der Waals surface area contributed by atoms with E-state index >= 15 is 0 Å². The molecule has 2 N–H and O–H groups in total. The minimum Gasteiger partial charge on any atom is -0.386 e. The van der Waals surface area contributed by atoms with Crippen LogP contribution in [-0.2, 0) is 0 Å². The van der Waals surface area contributed by atoms with E-state index in [1.807, 2.05) is 0 Å². The Morgan fingerprint density at radius 1 is 1.69 bits per heavy atom. The van der Waals surface area contributed by atoms with Gasteiger partial charge in [0.05, 0.1) is 16.9 Å². The van der Waals surface area contributed by atoms with Crippen LogP contribution in [0.25, 0.3) is 0 Å². The molecule has 1 aromatic rings. The van der Waals surface area contributed by atoms with Crippen LogP contribution in [0.5, 0.6) is 0 Å². The SMILES string of the molecule is Cc1cc([N+](=O)[O-])cc(F)c1N=C(N)CCl. The van der Waals surface area contributed by atoms with Gasteiger partial charge in [0.2, 0.25) is 0 Å². The number of halogens is 2. The lowest BCUT2D eigenvalue weighted by Gasteiger charge is -2.03. The van der Waals surface area contributed by atoms with Crippen LogP contribution < -0.4 is 5.73 Å². The van der Waals surface area contributed by atoms with Crippen molar-refractivity contribution in [3.05, 3.63) is 33.6 Å². The number of hydrogen-bond donors (Lipinski definition) is 1. The molecule has 0 aliphatic rings. The molecule has 0 atom stereocenters. The number of benzene rings is 1. The largest absolute Gasteiger partial charge is 0.386 e. The summed E-state index contributed by atoms with van der Waals surface area (Å²) < 4.78 is 13.5. The van der Waals surface area contributed by atoms with Crippen LogP contribution in [0, 0.1) is 22.9 Å². The van der Waals surface area contributed by atoms with Crippen molar-refractivity contribution in [1.29, 1.82) is 0 Å². The van der Waals surface area contributed by atoms with Crippen LogP contribution in [0.4, 0.5) is 15.8 Å². The molecule has 0 spiro atoms. The topological polar surface area (TPSA) is 81.5 Å². The molecule has 86 valence electrons. The standard InChI is InChI=1S/C9H9ClFN3O2/c1-5-2-6(14(15)16)3-7(11)9(5)13-8(12)4-10/h2-3H,4H2,1H3,(H2,12,13). The third-order valence-corrected chi connectivity index (χ3v) is 2.12. The summed E-state index contributed by atoms with van der Waals surface area (Å²) >= 11 is 5.40. The van der Waals surface area contributed by atoms with Crippen molar-refractivity contribution in [3.8, 4) is 0 Å². The number of alkyl halides is 1. The molecular formula is C9H9ClFN3O2. The van der Waals surface area contributed by atoms with Crippen molar-refractivity contribution in [2.75, 3.05) is 5.88 Å². The maximum Gasteiger partial charge on any atom is 0.272 e. The van der Waals surface area contributed by atoms with Gasteiger partial charge >= 0.3 is 0 Å². The van der Waals surface area contributed by atoms with Crippen molar-refractivity contribution in [1.82, 2.24) is 0 Å². The number of nitrogens with zero attached hydrogens (tertiary/aromatic N) is 2. The third kappa shape index (κ3) is 2.66. The van der Waals surface area contributed by atoms with Crippen LogP contribution in [0.3, 0.4) is 0 Å². The minimum absolute atomic E-state index is 0.0243. The van der Waals surface area contributed by atoms with Gasteiger partial charge in [0.1, 0.15) is 11.5 Å². The number of aliphatic imine (C=N–C) groups is 1. The number of aryl methyl sites for hydroxylation is 1. The predicted molar refractivity (Wildman–Crippen MR) is 59.8 cm³/mol. The fraction of sp³-hybridized carbons (Fsp3) is 0.222. The molecule has 0 radical (unpaired) electrons. The van der Waals surface area contributed by atoms with Gasteiger partial charge in [-0.2, -0.15) is 0 Å². The van der Waals surface area contributed by atoms with E-state index in [-0.39, 0.29) is 23.1 Å². The van der Waals surface area contributed by atoms with Gasteiger partial charge in [-0.3, -0.25) is 10.1 Å². The summed E-state index contributed by atoms with van der Waals surface area (Å²) in [4.78, 5) is 13.5. The molecule has 0 fully saturated rings. The van der Waals surface area contributed by atoms with E-state index in [0.717, 1.165) is 6.07 Å². The highest BCUT2D eigenvalue weighted by Crippen LogP contribution is 2.27. The van der Waals surface area contributed by atoms with Crippen molar-refractivity contribution >= 4 is 28.8 Å². The Balaban J connectivity index is 3.28. The molecule has 0 amide bonds. The number of nitrogens with two attached hydrogens (primary N) is 1. The highest BCUT2D eigenvalue weighted by molar-refractivity contribution is 6.28. The van der Waals surface area contributed by atoms with E-state index < -0.39 is 10.7 Å². The van der Waals surface area contributed by atoms with E-state index in [4.69, 9.17) is 17.3 Å². The van der Waals surface area contributed by atoms with E-state index in [0.29, 0.717) is 5.56 Å². The molecule has 0 saturated carbocycles. The van der Waals surface area contributed by atoms with Crippen LogP contribution in [0.1, 0.15) is 5.56 Å². The lowest BCUT2D eigenvalue weighted by Crippen LogP contribution is -2.12. The zero-order valence-corrected chi connectivity index (χ0v) is 9.16. The molecule has 0 bridgehead atoms. The molecule has 0 heterocycles. The molecular weight excluding hydrogens is 237 g/mol. The molecule has 0 saturated heterocycles. The van der Waals surface area contributed by atoms with Gasteiger partial charge in [0.15, 0.2) is 5.82 Å². The molecule has 0 unspecified atom stereocenters. The Hall–Kier alpha value is -1.69. The highest BCUT2D eigenvalue weighted by Gasteiger charge is 2.14. The highest BCUT2D eigenvalue weighted by atomic mass is 35.5. The van der Waals surface area contributed by atoms with Gasteiger partial charge in [-0.25, -0.2) is 9.38 Å². The first-order valence-corrected chi connectivity index (χ1v) is 4.82. The van der Waals surface area contributed by atoms with Crippen LogP contribution in [0.2, 0.25) is 0 Å². The van der Waals surface area contributed by atoms with E-state index in [1.165, 1.54) is 13.0 Å². The summed E-state index contributed by atoms with van der Waals surface area (Å²) in [5, 5.41) is 10.5. The van der Waals surface area contributed by atoms with Crippen LogP contribution >= 0.6 is 11.6 Å². The molecule has 5 nitrogen and oxygen atoms in total. The number of hydrogen-bond acceptors (Lipinski definition) is 3. The van der Waals surface area contributed by atoms with E-state index in [2.05, 4.69) is 4.99 Å². The fourth-order valence-corrected chi connectivity index (χ4v) is 1.20. The first-order valence-electron chi connectivity index (χ1n) is 4.29. The summed E-state index contributed by atoms with van der Waals surface area (Å²) in [5.41, 5.74) is 5.35. The Kier molecular flexibility index (Phi) is 3.78. The molecule has 1 rings (SSSR count). The zero-order chi connectivity index (χ0) is 12.3. The minimum atomic E-state index is -0.792. The lowest BCUT2D eigenvalue weighted by molar-refractivity contribution is -0.385. The summed E-state index contributed by atoms with van der Waals surface area (Å²) in [6.45, 7) is 1.51. The van der Waals surface area contributed by atoms with E-state index in [1.54, 1.807) is 0 Å². The smallest absolute Gasteiger partial charge is 0.272 e. The monoisotopic (exact) mass is 245 g/mol. The second kappa shape index (κ2) is 4.89. The number of amidine groups is 1. The summed E-state index contributed by atoms with van der Waals surface area (Å²) in [5.74, 6) is -0.771. The summed E-state index contributed by atoms with van der Waals surface area (Å²) in [6, 6.07) is 2.02. The Labute approximate surface area is 95.9 Å². The number of nitro benzene ring substituents is 1. The first kappa shape index (κ1) is 12.4. The van der Waals surface area contributed by atoms with Crippen LogP contribution in [-0.4, -0.2) is 16.6 Å². The molecule has 1 aromatic carbocycles. The molecule has 16 heavy (non-hydrogen) atoms. The maximum absolute atomic E-state index is 13.5. The summed E-state index contributed by atoms with van der Waals surface area (Å²) in [7, 11) is 0. The molecule has 0 aliphatic heterocycles. The van der Waals surface area contributed by atoms with Crippen molar-refractivity contribution in [2.24, 2.45) is 10.7 Å². The van der Waals surface area contributed by atoms with Crippen molar-refractivity contribution in [2.45, 2.75) is 6.92 Å². The molecule has 7 heteroatoms. The Morgan fingerprint density at radius 2 is 2.31 bits per heavy atom. The second-order valence-electron chi connectivity index (χ2n) is 3.09. The number of nitro groups is 1. The second-order valence-corrected chi connectivity index (χ2v) is 3.35. The molecule has 0 aromatic heterocycles. The average Bonchev–Trinajstić information content (AvgIpc) is 2.22. The number of non-ortho nitro benzene ring substituents is 1. The maximum atomic E-state index is 13.5. The van der Waals surface area contributed by atoms with Crippen LogP contribution in [0.15, 0.2) is 17.1 Å². The van der Waals surface area contributed by atoms with Gasteiger partial charge < -0.3 is 5.73 Å². The third-order valence-electron chi connectivity index (χ3n) is 1.84. The number of rotatable bonds is 3. The van der Waals surface area contributed by atoms with Crippen molar-refractivity contribution in [3.63, 3.8) is 0 Å². The van der Waals surface area contributed by atoms with Gasteiger partial charge in [0, 0.05) is 6.07 Å². The van der Waals surface area contributed by atoms with Gasteiger partial charge in [0.25, 0.3) is 5.69 Å². The van der Waals surface area contributed by atoms with Crippen molar-refractivity contribution < 1.29 is 9.31 Å². The Bertz CT molecular complexity index is 439. The first-order chi connectivity index (χ1) is 7.45. The van der Waals surface area contributed by atoms with Gasteiger partial charge in [-0.15, -0.1) is 11.6 Å². The van der Waals surface area contributed by atoms with Gasteiger partial charge in [-0.1, -0.05) is 0 Å². The van der Waals surface area contributed by atoms with Gasteiger partial charge in [-0.05, 0) is 12.5 Å². The molecule has 0 aliphatic carbocycles. The Morgan fingerprint density at radius 3 is 2.75 bits per heavy atom. The zero-order valence-electron chi connectivity index (χ0n) is 8.41. The fourth-order valence-electron chi connectivity index (χ4n) is 1.14. The lowest BCUT2D eigenvalue weighted by atomic mass is 10.1. The quantitative estimate of drug-likeness (QED) is 0.292. The predicted octanol–water partition coefficient (Wildman–Crippen LogP) is 2.27. The normalized spacial score (nSPS) is 11.6.